The van der Waals surface area contributed by atoms with Crippen LogP contribution in [-0.2, 0) is 27.6 Å². The second kappa shape index (κ2) is 24.5. The fraction of sp³-hybridized carbons (Fsp3) is 0.490. The smallest absolute Gasteiger partial charge is 0.269 e. The molecule has 344 valence electrons. The number of nitriles is 1. The number of anilines is 1. The van der Waals surface area contributed by atoms with Gasteiger partial charge in [-0.3, -0.25) is 23.9 Å². The van der Waals surface area contributed by atoms with E-state index in [1.54, 1.807) is 24.7 Å². The molecule has 1 aliphatic heterocycles. The van der Waals surface area contributed by atoms with E-state index in [0.717, 1.165) is 79.4 Å². The molecule has 0 spiro atoms. The Morgan fingerprint density at radius 3 is 2.41 bits per heavy atom. The van der Waals surface area contributed by atoms with E-state index >= 15 is 0 Å². The summed E-state index contributed by atoms with van der Waals surface area (Å²) in [6.07, 6.45) is 11.2. The summed E-state index contributed by atoms with van der Waals surface area (Å²) in [4.78, 5) is 54.9. The van der Waals surface area contributed by atoms with Crippen molar-refractivity contribution in [1.29, 1.82) is 5.26 Å². The fourth-order valence-electron chi connectivity index (χ4n) is 7.86. The average molecular weight is 909 g/mol. The van der Waals surface area contributed by atoms with Gasteiger partial charge in [-0.1, -0.05) is 83.2 Å². The summed E-state index contributed by atoms with van der Waals surface area (Å²) in [7, 11) is 0.725. The first-order valence-corrected chi connectivity index (χ1v) is 25.3. The molecule has 0 saturated heterocycles. The van der Waals surface area contributed by atoms with Crippen LogP contribution in [0.4, 0.5) is 5.69 Å². The minimum absolute atomic E-state index is 0.0349. The molecule has 1 aliphatic rings. The number of aromatic nitrogens is 2. The van der Waals surface area contributed by atoms with E-state index in [9.17, 15) is 24.4 Å². The molecular formula is C51H69N6O5PS. The van der Waals surface area contributed by atoms with Gasteiger partial charge in [0.25, 0.3) is 11.8 Å². The minimum atomic E-state index is -1.05. The molecule has 0 fully saturated rings. The van der Waals surface area contributed by atoms with Crippen LogP contribution in [0.5, 0.6) is 0 Å². The first-order chi connectivity index (χ1) is 30.4. The van der Waals surface area contributed by atoms with Crippen molar-refractivity contribution >= 4 is 49.1 Å². The summed E-state index contributed by atoms with van der Waals surface area (Å²) in [6.45, 7) is 21.9. The third-order valence-electron chi connectivity index (χ3n) is 11.9. The highest BCUT2D eigenvalue weighted by Crippen LogP contribution is 2.36. The van der Waals surface area contributed by atoms with Gasteiger partial charge in [0.15, 0.2) is 5.78 Å². The number of fused-ring (bicyclic) bond motifs is 1. The summed E-state index contributed by atoms with van der Waals surface area (Å²) in [5.74, 6) is -0.753. The Kier molecular flexibility index (Phi) is 19.8. The summed E-state index contributed by atoms with van der Waals surface area (Å²) in [5, 5.41) is 22.6. The van der Waals surface area contributed by atoms with Gasteiger partial charge in [0.1, 0.15) is 11.8 Å². The molecule has 3 amide bonds. The van der Waals surface area contributed by atoms with Crippen molar-refractivity contribution in [2.75, 3.05) is 24.5 Å². The van der Waals surface area contributed by atoms with E-state index < -0.39 is 13.7 Å². The molecule has 0 radical (unpaired) electrons. The number of thioether (sulfide) groups is 1. The van der Waals surface area contributed by atoms with E-state index in [2.05, 4.69) is 63.1 Å². The second-order valence-corrected chi connectivity index (χ2v) is 20.6. The van der Waals surface area contributed by atoms with Crippen LogP contribution in [0.25, 0.3) is 11.1 Å². The van der Waals surface area contributed by atoms with Gasteiger partial charge in [-0.25, -0.2) is 0 Å². The van der Waals surface area contributed by atoms with Gasteiger partial charge in [-0.2, -0.15) is 10.4 Å². The fourth-order valence-corrected chi connectivity index (χ4v) is 9.46. The Labute approximate surface area is 387 Å². The molecule has 0 aliphatic carbocycles. The number of amides is 3. The van der Waals surface area contributed by atoms with Crippen LogP contribution in [0.3, 0.4) is 0 Å². The molecule has 64 heavy (non-hydrogen) atoms. The van der Waals surface area contributed by atoms with Crippen LogP contribution in [0.2, 0.25) is 0 Å². The standard InChI is InChI=1S/C51H69N6O5PS/c1-12-14-15-27-64-36(5)28-44(31-52)48(59)37(6)34(3)17-19-40(16-13-2)45-30-47(56(10)55-45)50(61)53-33-63(11)62-32-51(8,9)54-49(60)41-23-21-39(22-24-41)42-25-26-46-43(29-42)20-18-35(4)57(46)38(7)58/h15,21-30,34-35,37,40H,5,12-14,16-20,32-33H2,1-4,6-11H3,(H,53,61)(H,54,60)/b27-15-,44-28+/t34?,35-,37?,40?,63?/m0/s1. The number of allylic oxidation sites excluding steroid dienone is 3. The van der Waals surface area contributed by atoms with Crippen molar-refractivity contribution in [2.45, 2.75) is 124 Å². The van der Waals surface area contributed by atoms with Crippen LogP contribution < -0.4 is 15.5 Å². The molecule has 2 heterocycles. The van der Waals surface area contributed by atoms with Crippen molar-refractivity contribution in [3.05, 3.63) is 106 Å². The number of carbonyl (C=O) groups excluding carboxylic acids is 4. The molecular weight excluding hydrogens is 840 g/mol. The number of ketones is 1. The molecule has 3 aromatic rings. The molecule has 4 rings (SSSR count). The van der Waals surface area contributed by atoms with E-state index in [-0.39, 0.29) is 59.5 Å². The maximum atomic E-state index is 13.4. The largest absolute Gasteiger partial charge is 0.355 e. The number of benzene rings is 2. The van der Waals surface area contributed by atoms with Crippen LogP contribution in [0.1, 0.15) is 138 Å². The minimum Gasteiger partial charge on any atom is -0.355 e. The van der Waals surface area contributed by atoms with Crippen LogP contribution in [0.15, 0.2) is 83.1 Å². The van der Waals surface area contributed by atoms with Crippen molar-refractivity contribution in [1.82, 2.24) is 20.4 Å². The highest BCUT2D eigenvalue weighted by molar-refractivity contribution is 8.06. The lowest BCUT2D eigenvalue weighted by atomic mass is 9.82. The molecule has 13 heteroatoms. The Morgan fingerprint density at radius 2 is 1.75 bits per heavy atom. The Balaban J connectivity index is 1.26. The topological polar surface area (TPSA) is 146 Å². The molecule has 5 atom stereocenters. The average Bonchev–Trinajstić information content (AvgIpc) is 3.66. The van der Waals surface area contributed by atoms with Crippen molar-refractivity contribution in [3.63, 3.8) is 0 Å². The predicted octanol–water partition coefficient (Wildman–Crippen LogP) is 11.2. The Hall–Kier alpha value is -4.82. The van der Waals surface area contributed by atoms with Crippen LogP contribution in [-0.4, -0.2) is 64.4 Å². The molecule has 0 saturated carbocycles. The third kappa shape index (κ3) is 14.6. The normalized spacial score (nSPS) is 16.0. The number of rotatable bonds is 23. The number of nitrogens with one attached hydrogen (secondary N) is 2. The van der Waals surface area contributed by atoms with Crippen molar-refractivity contribution in [3.8, 4) is 17.2 Å². The predicted molar refractivity (Wildman–Crippen MR) is 263 cm³/mol. The van der Waals surface area contributed by atoms with E-state index in [1.807, 2.05) is 80.2 Å². The Bertz CT molecular complexity index is 2220. The molecule has 4 unspecified atom stereocenters. The SMILES string of the molecule is C=C(/C=C(\C#N)C(=O)C(C)C(C)CCC(CCC)c1cc(C(=O)NCP(C)OCC(C)(C)NC(=O)c2ccc(-c3ccc4c(c3)CC[C@H](C)N4C(C)=O)cc2)n(C)n1)S/C=C\CCC. The van der Waals surface area contributed by atoms with Gasteiger partial charge >= 0.3 is 0 Å². The van der Waals surface area contributed by atoms with Crippen LogP contribution in [0, 0.1) is 23.2 Å². The molecule has 0 bridgehead atoms. The van der Waals surface area contributed by atoms with Gasteiger partial charge < -0.3 is 20.1 Å². The maximum Gasteiger partial charge on any atom is 0.269 e. The first kappa shape index (κ1) is 51.8. The second-order valence-electron chi connectivity index (χ2n) is 17.8. The van der Waals surface area contributed by atoms with Crippen LogP contribution >= 0.6 is 19.9 Å². The number of Topliss-reactive ketones (excluding diaryl/α,β-unsaturated/α-hetero) is 1. The molecule has 2 aromatic carbocycles. The van der Waals surface area contributed by atoms with Crippen molar-refractivity contribution in [2.24, 2.45) is 18.9 Å². The van der Waals surface area contributed by atoms with E-state index in [4.69, 9.17) is 9.62 Å². The number of aryl methyl sites for hydroxylation is 2. The lowest BCUT2D eigenvalue weighted by molar-refractivity contribution is -0.120. The third-order valence-corrected chi connectivity index (χ3v) is 13.8. The van der Waals surface area contributed by atoms with Gasteiger partial charge in [-0.15, -0.1) is 0 Å². The summed E-state index contributed by atoms with van der Waals surface area (Å²) in [5.41, 5.74) is 5.47. The molecule has 2 N–H and O–H groups in total. The van der Waals surface area contributed by atoms with Gasteiger partial charge in [0.2, 0.25) is 5.91 Å². The summed E-state index contributed by atoms with van der Waals surface area (Å²) in [6, 6.07) is 17.9. The Morgan fingerprint density at radius 1 is 1.05 bits per heavy atom. The van der Waals surface area contributed by atoms with Gasteiger partial charge in [-0.05, 0) is 130 Å². The number of nitrogens with zero attached hydrogens (tertiary/aromatic N) is 4. The van der Waals surface area contributed by atoms with E-state index in [1.165, 1.54) is 11.8 Å². The maximum absolute atomic E-state index is 13.4. The lowest BCUT2D eigenvalue weighted by Crippen LogP contribution is -2.46. The zero-order chi connectivity index (χ0) is 47.1. The highest BCUT2D eigenvalue weighted by atomic mass is 32.2. The number of hydrogen-bond acceptors (Lipinski definition) is 8. The first-order valence-electron chi connectivity index (χ1n) is 22.6. The number of carbonyl (C=O) groups is 4. The highest BCUT2D eigenvalue weighted by Gasteiger charge is 2.28. The van der Waals surface area contributed by atoms with Gasteiger partial charge in [0.05, 0.1) is 29.7 Å². The quantitative estimate of drug-likeness (QED) is 0.0414. The zero-order valence-electron chi connectivity index (χ0n) is 39.6. The van der Waals surface area contributed by atoms with Crippen molar-refractivity contribution < 1.29 is 23.7 Å². The zero-order valence-corrected chi connectivity index (χ0v) is 41.3. The number of unbranched alkanes of at least 4 members (excludes halogenated alkanes) is 1. The number of hydrogen-bond donors (Lipinski definition) is 2. The molecule has 11 nitrogen and oxygen atoms in total. The summed E-state index contributed by atoms with van der Waals surface area (Å²) < 4.78 is 7.80. The lowest BCUT2D eigenvalue weighted by Gasteiger charge is -2.34. The van der Waals surface area contributed by atoms with E-state index in [0.29, 0.717) is 22.4 Å². The van der Waals surface area contributed by atoms with Gasteiger partial charge in [0, 0.05) is 56.2 Å². The molecule has 1 aromatic heterocycles. The monoisotopic (exact) mass is 908 g/mol. The summed E-state index contributed by atoms with van der Waals surface area (Å²) >= 11 is 1.41.